The van der Waals surface area contributed by atoms with E-state index in [1.54, 1.807) is 13.2 Å². The number of carbonyl (C=O) groups is 2. The summed E-state index contributed by atoms with van der Waals surface area (Å²) in [4.78, 5) is 29.9. The van der Waals surface area contributed by atoms with Gasteiger partial charge >= 0.3 is 10.2 Å². The first-order chi connectivity index (χ1) is 21.6. The Balaban J connectivity index is 1.44. The van der Waals surface area contributed by atoms with E-state index >= 15 is 0 Å². The third-order valence-electron chi connectivity index (χ3n) is 10.5. The lowest BCUT2D eigenvalue weighted by molar-refractivity contribution is -0.145. The van der Waals surface area contributed by atoms with E-state index in [4.69, 9.17) is 9.47 Å². The molecule has 240 valence electrons. The van der Waals surface area contributed by atoms with E-state index < -0.39 is 21.5 Å². The summed E-state index contributed by atoms with van der Waals surface area (Å²) in [5, 5.41) is 1.06. The number of nitrogens with one attached hydrogen (secondary N) is 1. The van der Waals surface area contributed by atoms with Crippen LogP contribution >= 0.6 is 0 Å². The van der Waals surface area contributed by atoms with E-state index in [1.165, 1.54) is 26.1 Å². The van der Waals surface area contributed by atoms with Crippen molar-refractivity contribution in [3.05, 3.63) is 53.1 Å². The van der Waals surface area contributed by atoms with Crippen LogP contribution in [0.5, 0.6) is 5.75 Å². The van der Waals surface area contributed by atoms with Crippen LogP contribution in [0.2, 0.25) is 0 Å². The summed E-state index contributed by atoms with van der Waals surface area (Å²) in [7, 11) is 0.469. The molecule has 1 saturated heterocycles. The van der Waals surface area contributed by atoms with Crippen LogP contribution in [-0.4, -0.2) is 81.0 Å². The van der Waals surface area contributed by atoms with Crippen LogP contribution in [0.4, 0.5) is 0 Å². The Hall–Kier alpha value is -3.41. The first-order valence-electron chi connectivity index (χ1n) is 16.0. The van der Waals surface area contributed by atoms with Crippen molar-refractivity contribution < 1.29 is 27.5 Å². The number of methoxy groups -OCH3 is 1. The first kappa shape index (κ1) is 30.3. The molecule has 10 nitrogen and oxygen atoms in total. The van der Waals surface area contributed by atoms with Crippen LogP contribution in [0, 0.1) is 5.41 Å². The molecule has 45 heavy (non-hydrogen) atoms. The molecule has 0 radical (unpaired) electrons. The predicted molar refractivity (Wildman–Crippen MR) is 172 cm³/mol. The molecule has 1 aromatic heterocycles. The van der Waals surface area contributed by atoms with Crippen LogP contribution in [0.1, 0.15) is 78.8 Å². The maximum absolute atomic E-state index is 14.6. The molecule has 0 bridgehead atoms. The monoisotopic (exact) mass is 634 g/mol. The highest BCUT2D eigenvalue weighted by Gasteiger charge is 2.64. The van der Waals surface area contributed by atoms with Crippen molar-refractivity contribution in [3.63, 3.8) is 0 Å². The van der Waals surface area contributed by atoms with Gasteiger partial charge in [0.2, 0.25) is 5.91 Å². The zero-order valence-corrected chi connectivity index (χ0v) is 27.3. The molecule has 2 aromatic carbocycles. The minimum Gasteiger partial charge on any atom is -0.497 e. The molecule has 2 amide bonds. The zero-order chi connectivity index (χ0) is 31.7. The van der Waals surface area contributed by atoms with E-state index in [1.807, 2.05) is 30.0 Å². The number of morpholine rings is 1. The number of rotatable bonds is 6. The normalized spacial score (nSPS) is 24.9. The van der Waals surface area contributed by atoms with Crippen molar-refractivity contribution in [1.29, 1.82) is 0 Å². The number of amides is 2. The maximum atomic E-state index is 14.6. The summed E-state index contributed by atoms with van der Waals surface area (Å²) in [6, 6.07) is 11.7. The second kappa shape index (κ2) is 11.1. The van der Waals surface area contributed by atoms with Gasteiger partial charge in [0.1, 0.15) is 5.75 Å². The lowest BCUT2D eigenvalue weighted by atomic mass is 9.81. The topological polar surface area (TPSA) is 110 Å². The van der Waals surface area contributed by atoms with Gasteiger partial charge in [0.25, 0.3) is 5.91 Å². The van der Waals surface area contributed by atoms with Gasteiger partial charge in [0.05, 0.1) is 37.5 Å². The Morgan fingerprint density at radius 1 is 1.09 bits per heavy atom. The van der Waals surface area contributed by atoms with E-state index in [0.29, 0.717) is 32.2 Å². The van der Waals surface area contributed by atoms with Gasteiger partial charge < -0.3 is 18.9 Å². The Morgan fingerprint density at radius 3 is 2.58 bits per heavy atom. The lowest BCUT2D eigenvalue weighted by Crippen LogP contribution is -2.51. The zero-order valence-electron chi connectivity index (χ0n) is 26.5. The molecule has 2 unspecified atom stereocenters. The Bertz CT molecular complexity index is 1790. The second-order valence-corrected chi connectivity index (χ2v) is 15.3. The predicted octanol–water partition coefficient (Wildman–Crippen LogP) is 4.64. The molecule has 2 aliphatic heterocycles. The fraction of sp³-hybridized carbons (Fsp3) is 0.529. The highest BCUT2D eigenvalue weighted by molar-refractivity contribution is 7.87. The molecule has 0 spiro atoms. The number of nitrogens with zero attached hydrogens (tertiary/aromatic N) is 3. The molecule has 3 aromatic rings. The van der Waals surface area contributed by atoms with Gasteiger partial charge in [-0.15, -0.1) is 0 Å². The van der Waals surface area contributed by atoms with Gasteiger partial charge in [-0.05, 0) is 73.6 Å². The van der Waals surface area contributed by atoms with Crippen LogP contribution in [-0.2, 0) is 26.3 Å². The number of carbonyl (C=O) groups excluding carboxylic acids is 2. The quantitative estimate of drug-likeness (QED) is 0.423. The van der Waals surface area contributed by atoms with Gasteiger partial charge in [-0.1, -0.05) is 25.3 Å². The van der Waals surface area contributed by atoms with Crippen molar-refractivity contribution in [2.75, 3.05) is 41.0 Å². The van der Waals surface area contributed by atoms with Crippen molar-refractivity contribution in [1.82, 2.24) is 18.5 Å². The Morgan fingerprint density at radius 2 is 1.87 bits per heavy atom. The van der Waals surface area contributed by atoms with E-state index in [-0.39, 0.29) is 23.4 Å². The molecule has 7 rings (SSSR count). The largest absolute Gasteiger partial charge is 0.497 e. The Labute approximate surface area is 264 Å². The smallest absolute Gasteiger partial charge is 0.303 e. The van der Waals surface area contributed by atoms with Gasteiger partial charge in [0, 0.05) is 55.1 Å². The minimum absolute atomic E-state index is 0.0115. The number of benzene rings is 2. The summed E-state index contributed by atoms with van der Waals surface area (Å²) in [5.41, 5.74) is 5.11. The molecule has 11 heteroatoms. The first-order valence-corrected chi connectivity index (χ1v) is 17.5. The van der Waals surface area contributed by atoms with E-state index in [2.05, 4.69) is 21.4 Å². The fourth-order valence-electron chi connectivity index (χ4n) is 8.00. The summed E-state index contributed by atoms with van der Waals surface area (Å²) < 4.78 is 41.9. The second-order valence-electron chi connectivity index (χ2n) is 13.4. The van der Waals surface area contributed by atoms with Crippen LogP contribution in [0.3, 0.4) is 0 Å². The molecule has 3 heterocycles. The molecule has 3 fully saturated rings. The van der Waals surface area contributed by atoms with Gasteiger partial charge in [0.15, 0.2) is 0 Å². The van der Waals surface area contributed by atoms with Crippen molar-refractivity contribution >= 4 is 32.9 Å². The van der Waals surface area contributed by atoms with E-state index in [0.717, 1.165) is 69.9 Å². The molecule has 1 N–H and O–H groups in total. The summed E-state index contributed by atoms with van der Waals surface area (Å²) in [6.45, 7) is 4.14. The number of hydrogen-bond donors (Lipinski definition) is 1. The number of aromatic nitrogens is 1. The van der Waals surface area contributed by atoms with E-state index in [9.17, 15) is 18.0 Å². The van der Waals surface area contributed by atoms with Crippen LogP contribution < -0.4 is 9.46 Å². The number of fused-ring (bicyclic) bond motifs is 7. The highest BCUT2D eigenvalue weighted by atomic mass is 32.2. The molecule has 3 atom stereocenters. The molecule has 2 saturated carbocycles. The van der Waals surface area contributed by atoms with Crippen molar-refractivity contribution in [2.24, 2.45) is 5.41 Å². The lowest BCUT2D eigenvalue weighted by Gasteiger charge is -2.36. The van der Waals surface area contributed by atoms with Gasteiger partial charge in [-0.3, -0.25) is 9.59 Å². The van der Waals surface area contributed by atoms with Crippen molar-refractivity contribution in [3.8, 4) is 17.0 Å². The van der Waals surface area contributed by atoms with Crippen LogP contribution in [0.25, 0.3) is 22.2 Å². The minimum atomic E-state index is -3.97. The summed E-state index contributed by atoms with van der Waals surface area (Å²) in [5.74, 6) is 0.623. The Kier molecular flexibility index (Phi) is 7.49. The number of ether oxygens (including phenoxy) is 2. The third kappa shape index (κ3) is 4.94. The molecular weight excluding hydrogens is 592 g/mol. The van der Waals surface area contributed by atoms with Gasteiger partial charge in [-0.2, -0.15) is 12.7 Å². The SMILES string of the molecule is COc1ccc2c(c1)C1CC1(C(=O)N1CCOC[C@H]1C)Cn1c-2c(C2CCCCC2)c2ccc(C(=O)NS(=O)(=O)N(C)C)cc21. The summed E-state index contributed by atoms with van der Waals surface area (Å²) >= 11 is 0. The fourth-order valence-corrected chi connectivity index (χ4v) is 8.54. The molecule has 2 aliphatic carbocycles. The molecule has 4 aliphatic rings. The highest BCUT2D eigenvalue weighted by Crippen LogP contribution is 2.66. The average Bonchev–Trinajstić information content (AvgIpc) is 3.70. The third-order valence-corrected chi connectivity index (χ3v) is 11.9. The molecular formula is C34H42N4O6S. The van der Waals surface area contributed by atoms with Gasteiger partial charge in [-0.25, -0.2) is 4.72 Å². The van der Waals surface area contributed by atoms with Crippen molar-refractivity contribution in [2.45, 2.75) is 69.9 Å². The maximum Gasteiger partial charge on any atom is 0.303 e. The standard InChI is InChI=1S/C34H42N4O6S/c1-21-19-44-15-14-37(21)33(40)34-18-28(34)27-17-24(43-4)11-13-25(27)31-30(22-8-6-5-7-9-22)26-12-10-23(16-29(26)38(31)20-34)32(39)35-45(41,42)36(2)3/h10-13,16-17,21-22,28H,5-9,14-15,18-20H2,1-4H3,(H,35,39)/t21-,28?,34?/m1/s1. The summed E-state index contributed by atoms with van der Waals surface area (Å²) in [6.07, 6.45) is 6.44. The average molecular weight is 635 g/mol. The number of hydrogen-bond acceptors (Lipinski definition) is 6. The van der Waals surface area contributed by atoms with Crippen LogP contribution in [0.15, 0.2) is 36.4 Å².